The minimum atomic E-state index is -4.37. The zero-order valence-electron chi connectivity index (χ0n) is 15.8. The monoisotopic (exact) mass is 430 g/mol. The number of nitrogens with zero attached hydrogens (tertiary/aromatic N) is 4. The van der Waals surface area contributed by atoms with E-state index in [1.54, 1.807) is 11.3 Å². The first-order valence-corrected chi connectivity index (χ1v) is 10.4. The fourth-order valence-corrected chi connectivity index (χ4v) is 4.88. The summed E-state index contributed by atoms with van der Waals surface area (Å²) in [6.45, 7) is 1.38. The van der Waals surface area contributed by atoms with Crippen molar-refractivity contribution in [1.82, 2.24) is 20.0 Å². The number of alkyl halides is 3. The first-order chi connectivity index (χ1) is 14.5. The van der Waals surface area contributed by atoms with Gasteiger partial charge < -0.3 is 4.52 Å². The summed E-state index contributed by atoms with van der Waals surface area (Å²) in [5.41, 5.74) is 0.791. The molecule has 0 amide bonds. The molecule has 0 radical (unpaired) electrons. The van der Waals surface area contributed by atoms with Gasteiger partial charge in [0.1, 0.15) is 5.01 Å². The maximum atomic E-state index is 12.7. The van der Waals surface area contributed by atoms with E-state index < -0.39 is 11.7 Å². The molecule has 0 saturated carbocycles. The van der Waals surface area contributed by atoms with E-state index in [1.165, 1.54) is 16.8 Å². The number of rotatable bonds is 4. The molecule has 9 heteroatoms. The fourth-order valence-electron chi connectivity index (χ4n) is 3.75. The Morgan fingerprint density at radius 1 is 1.07 bits per heavy atom. The van der Waals surface area contributed by atoms with Gasteiger partial charge in [-0.05, 0) is 43.7 Å². The summed E-state index contributed by atoms with van der Waals surface area (Å²) in [6.07, 6.45) is -2.30. The van der Waals surface area contributed by atoms with E-state index in [-0.39, 0.29) is 11.9 Å². The van der Waals surface area contributed by atoms with Crippen molar-refractivity contribution in [2.75, 3.05) is 6.54 Å². The lowest BCUT2D eigenvalue weighted by molar-refractivity contribution is -0.137. The Balaban J connectivity index is 1.33. The molecule has 1 fully saturated rings. The van der Waals surface area contributed by atoms with Crippen molar-refractivity contribution in [1.29, 1.82) is 0 Å². The van der Waals surface area contributed by atoms with Gasteiger partial charge in [-0.15, -0.1) is 11.3 Å². The maximum absolute atomic E-state index is 12.7. The molecule has 154 valence electrons. The summed E-state index contributed by atoms with van der Waals surface area (Å²) in [6, 6.07) is 13.0. The second kappa shape index (κ2) is 7.48. The molecule has 0 N–H and O–H groups in total. The van der Waals surface area contributed by atoms with Crippen LogP contribution in [0.4, 0.5) is 13.2 Å². The Bertz CT molecular complexity index is 1140. The molecule has 0 bridgehead atoms. The van der Waals surface area contributed by atoms with Gasteiger partial charge in [-0.1, -0.05) is 29.4 Å². The summed E-state index contributed by atoms with van der Waals surface area (Å²) in [5, 5.41) is 5.03. The third-order valence-electron chi connectivity index (χ3n) is 5.24. The lowest BCUT2D eigenvalue weighted by atomic mass is 10.1. The van der Waals surface area contributed by atoms with Crippen LogP contribution < -0.4 is 0 Å². The van der Waals surface area contributed by atoms with Crippen molar-refractivity contribution in [3.05, 3.63) is 65.0 Å². The maximum Gasteiger partial charge on any atom is 0.416 e. The molecule has 1 aliphatic rings. The highest BCUT2D eigenvalue weighted by Crippen LogP contribution is 2.37. The third kappa shape index (κ3) is 3.70. The average Bonchev–Trinajstić information content (AvgIpc) is 3.47. The van der Waals surface area contributed by atoms with Crippen molar-refractivity contribution in [2.45, 2.75) is 31.6 Å². The molecule has 4 aromatic rings. The van der Waals surface area contributed by atoms with Crippen LogP contribution in [0.5, 0.6) is 0 Å². The number of likely N-dealkylation sites (tertiary alicyclic amines) is 1. The van der Waals surface area contributed by atoms with Gasteiger partial charge in [0.2, 0.25) is 11.7 Å². The van der Waals surface area contributed by atoms with E-state index in [0.717, 1.165) is 42.0 Å². The first kappa shape index (κ1) is 19.2. The van der Waals surface area contributed by atoms with E-state index in [1.807, 2.05) is 18.2 Å². The van der Waals surface area contributed by atoms with Crippen LogP contribution in [-0.4, -0.2) is 26.6 Å². The number of para-hydroxylation sites is 1. The van der Waals surface area contributed by atoms with Crippen LogP contribution in [-0.2, 0) is 12.7 Å². The quantitative estimate of drug-likeness (QED) is 0.416. The van der Waals surface area contributed by atoms with Gasteiger partial charge in [0.15, 0.2) is 0 Å². The van der Waals surface area contributed by atoms with Gasteiger partial charge in [-0.3, -0.25) is 4.90 Å². The molecule has 3 heterocycles. The SMILES string of the molecule is FC(F)(F)c1ccc(-c2noc(CN3CCCC3c3nc4ccccc4s3)n2)cc1. The average molecular weight is 430 g/mol. The highest BCUT2D eigenvalue weighted by molar-refractivity contribution is 7.18. The van der Waals surface area contributed by atoms with Gasteiger partial charge in [0.05, 0.1) is 28.4 Å². The minimum Gasteiger partial charge on any atom is -0.338 e. The Kier molecular flexibility index (Phi) is 4.79. The fraction of sp³-hybridized carbons (Fsp3) is 0.286. The number of thiazole rings is 1. The van der Waals surface area contributed by atoms with Crippen molar-refractivity contribution < 1.29 is 17.7 Å². The third-order valence-corrected chi connectivity index (χ3v) is 6.37. The molecule has 1 atom stereocenters. The Morgan fingerprint density at radius 2 is 1.87 bits per heavy atom. The zero-order chi connectivity index (χ0) is 20.7. The number of hydrogen-bond donors (Lipinski definition) is 0. The van der Waals surface area contributed by atoms with E-state index in [2.05, 4.69) is 21.1 Å². The van der Waals surface area contributed by atoms with Crippen LogP contribution in [0.25, 0.3) is 21.6 Å². The molecule has 1 saturated heterocycles. The second-order valence-corrected chi connectivity index (χ2v) is 8.30. The zero-order valence-corrected chi connectivity index (χ0v) is 16.6. The number of fused-ring (bicyclic) bond motifs is 1. The van der Waals surface area contributed by atoms with E-state index >= 15 is 0 Å². The predicted octanol–water partition coefficient (Wildman–Crippen LogP) is 5.70. The molecule has 0 aliphatic carbocycles. The van der Waals surface area contributed by atoms with Crippen LogP contribution >= 0.6 is 11.3 Å². The minimum absolute atomic E-state index is 0.198. The number of halogens is 3. The van der Waals surface area contributed by atoms with Gasteiger partial charge in [-0.2, -0.15) is 18.2 Å². The topological polar surface area (TPSA) is 55.1 Å². The summed E-state index contributed by atoms with van der Waals surface area (Å²) in [4.78, 5) is 11.4. The first-order valence-electron chi connectivity index (χ1n) is 9.57. The van der Waals surface area contributed by atoms with Crippen molar-refractivity contribution in [3.63, 3.8) is 0 Å². The molecule has 5 nitrogen and oxygen atoms in total. The summed E-state index contributed by atoms with van der Waals surface area (Å²) in [7, 11) is 0. The largest absolute Gasteiger partial charge is 0.416 e. The number of aromatic nitrogens is 3. The Labute approximate surface area is 174 Å². The van der Waals surface area contributed by atoms with Crippen LogP contribution in [0.3, 0.4) is 0 Å². The highest BCUT2D eigenvalue weighted by atomic mass is 32.1. The van der Waals surface area contributed by atoms with Crippen molar-refractivity contribution in [2.24, 2.45) is 0 Å². The molecule has 5 rings (SSSR count). The van der Waals surface area contributed by atoms with E-state index in [4.69, 9.17) is 9.51 Å². The van der Waals surface area contributed by atoms with Crippen LogP contribution in [0, 0.1) is 0 Å². The van der Waals surface area contributed by atoms with Crippen LogP contribution in [0.1, 0.15) is 35.3 Å². The standard InChI is InChI=1S/C21H17F3N4OS/c22-21(23,24)14-9-7-13(8-10-14)19-26-18(29-27-19)12-28-11-3-5-16(28)20-25-15-4-1-2-6-17(15)30-20/h1-2,4,6-10,16H,3,5,11-12H2. The van der Waals surface area contributed by atoms with Gasteiger partial charge >= 0.3 is 6.18 Å². The summed E-state index contributed by atoms with van der Waals surface area (Å²) in [5.74, 6) is 0.729. The summed E-state index contributed by atoms with van der Waals surface area (Å²) >= 11 is 1.70. The van der Waals surface area contributed by atoms with Gasteiger partial charge in [0.25, 0.3) is 0 Å². The molecule has 2 aromatic carbocycles. The predicted molar refractivity (Wildman–Crippen MR) is 107 cm³/mol. The Hall–Kier alpha value is -2.78. The number of hydrogen-bond acceptors (Lipinski definition) is 6. The highest BCUT2D eigenvalue weighted by Gasteiger charge is 2.31. The lowest BCUT2D eigenvalue weighted by Gasteiger charge is -2.20. The Morgan fingerprint density at radius 3 is 2.63 bits per heavy atom. The number of benzene rings is 2. The molecule has 30 heavy (non-hydrogen) atoms. The van der Waals surface area contributed by atoms with Crippen LogP contribution in [0.2, 0.25) is 0 Å². The molecule has 1 unspecified atom stereocenters. The van der Waals surface area contributed by atoms with Crippen molar-refractivity contribution in [3.8, 4) is 11.4 Å². The summed E-state index contributed by atoms with van der Waals surface area (Å²) < 4.78 is 44.8. The smallest absolute Gasteiger partial charge is 0.338 e. The molecular weight excluding hydrogens is 413 g/mol. The van der Waals surface area contributed by atoms with E-state index in [9.17, 15) is 13.2 Å². The molecular formula is C21H17F3N4OS. The van der Waals surface area contributed by atoms with Crippen LogP contribution in [0.15, 0.2) is 53.1 Å². The second-order valence-electron chi connectivity index (χ2n) is 7.24. The van der Waals surface area contributed by atoms with E-state index in [0.29, 0.717) is 18.0 Å². The normalized spacial score (nSPS) is 17.8. The molecule has 1 aliphatic heterocycles. The molecule has 0 spiro atoms. The lowest BCUT2D eigenvalue weighted by Crippen LogP contribution is -2.22. The van der Waals surface area contributed by atoms with Crippen molar-refractivity contribution >= 4 is 21.6 Å². The molecule has 2 aromatic heterocycles. The van der Waals surface area contributed by atoms with Gasteiger partial charge in [-0.25, -0.2) is 4.98 Å². The van der Waals surface area contributed by atoms with Gasteiger partial charge in [0, 0.05) is 5.56 Å².